The Morgan fingerprint density at radius 1 is 0.540 bits per heavy atom. The van der Waals surface area contributed by atoms with Crippen LogP contribution in [0.1, 0.15) is 0 Å². The van der Waals surface area contributed by atoms with Gasteiger partial charge in [0.2, 0.25) is 31.2 Å². The van der Waals surface area contributed by atoms with Crippen molar-refractivity contribution in [3.63, 3.8) is 0 Å². The van der Waals surface area contributed by atoms with Crippen molar-refractivity contribution < 1.29 is 313 Å². The predicted molar refractivity (Wildman–Crippen MR) is 156 cm³/mol. The van der Waals surface area contributed by atoms with E-state index < -0.39 is 163 Å². The first-order valence-electron chi connectivity index (χ1n) is 14.7. The number of carboxylic acids is 1. The van der Waals surface area contributed by atoms with Gasteiger partial charge >= 0.3 is 177 Å². The third-order valence-corrected chi connectivity index (χ3v) is 10.2. The summed E-state index contributed by atoms with van der Waals surface area (Å²) in [5, 5.41) is 45.5. The maximum atomic E-state index is 12.3. The van der Waals surface area contributed by atoms with Crippen LogP contribution < -0.4 is 192 Å². The van der Waals surface area contributed by atoms with Gasteiger partial charge in [-0.05, 0) is 0 Å². The van der Waals surface area contributed by atoms with E-state index in [1.165, 1.54) is 9.44 Å². The minimum absolute atomic E-state index is 0. The molecule has 0 aromatic carbocycles. The first-order valence-corrected chi connectivity index (χ1v) is 21.5. The smallest absolute Gasteiger partial charge is 0.735 e. The molecule has 336 valence electrons. The zero-order valence-electron chi connectivity index (χ0n) is 34.0. The third kappa shape index (κ3) is 23.9. The second-order valence-corrected chi connectivity index (χ2v) is 16.9. The normalized spacial score (nSPS) is 33.9. The quantitative estimate of drug-likeness (QED) is 0.0455. The number of hydrogen-bond donors (Lipinski definition) is 5. The van der Waals surface area contributed by atoms with Crippen LogP contribution in [0.4, 0.5) is 0 Å². The summed E-state index contributed by atoms with van der Waals surface area (Å²) in [5.41, 5.74) is 0. The number of aliphatic hydroxyl groups is 3. The molecule has 0 radical (unpaired) electrons. The molecule has 0 amide bonds. The molecule has 3 aliphatic heterocycles. The topological polar surface area (TPSA) is 503 Å². The summed E-state index contributed by atoms with van der Waals surface area (Å²) in [6.45, 7) is -2.85. The zero-order valence-corrected chi connectivity index (χ0v) is 50.1. The molecule has 0 aromatic heterocycles. The summed E-state index contributed by atoms with van der Waals surface area (Å²) in [6, 6.07) is -4.69. The molecule has 63 heavy (non-hydrogen) atoms. The van der Waals surface area contributed by atoms with Gasteiger partial charge in [-0.25, -0.2) is 51.5 Å². The Labute approximate surface area is 492 Å². The number of nitrogens with one attached hydrogen (secondary N) is 2. The first-order chi connectivity index (χ1) is 25.8. The van der Waals surface area contributed by atoms with E-state index in [1.807, 2.05) is 0 Å². The zero-order chi connectivity index (χ0) is 43.6. The molecule has 3 saturated heterocycles. The first kappa shape index (κ1) is 73.9. The summed E-state index contributed by atoms with van der Waals surface area (Å²) in [7, 11) is -26.9. The molecule has 32 nitrogen and oxygen atoms in total. The molecule has 5 N–H and O–H groups in total. The molecule has 43 heteroatoms. The number of carbonyl (C=O) groups excluding carboxylic acids is 1. The van der Waals surface area contributed by atoms with Crippen molar-refractivity contribution in [2.24, 2.45) is 0 Å². The van der Waals surface area contributed by atoms with Crippen molar-refractivity contribution in [2.75, 3.05) is 27.4 Å². The third-order valence-electron chi connectivity index (χ3n) is 7.73. The minimum atomic E-state index is -6.12. The average Bonchev–Trinajstić information content (AvgIpc) is 3.03. The Morgan fingerprint density at radius 3 is 1.32 bits per heavy atom. The van der Waals surface area contributed by atoms with Gasteiger partial charge in [0, 0.05) is 14.2 Å². The van der Waals surface area contributed by atoms with Crippen LogP contribution >= 0.6 is 0 Å². The van der Waals surface area contributed by atoms with Crippen LogP contribution in [0, 0.1) is 0 Å². The van der Waals surface area contributed by atoms with Crippen LogP contribution in [-0.2, 0) is 102 Å². The van der Waals surface area contributed by atoms with Gasteiger partial charge < -0.3 is 81.1 Å². The number of carboxylic acid groups (broad SMARTS) is 1. The number of ether oxygens (including phenoxy) is 7. The largest absolute Gasteiger partial charge is 1.00 e. The Hall–Kier alpha value is 4.42. The molecule has 3 fully saturated rings. The van der Waals surface area contributed by atoms with Crippen molar-refractivity contribution in [1.29, 1.82) is 0 Å². The Bertz CT molecular complexity index is 1970. The molecule has 0 aliphatic carbocycles. The molecule has 0 aromatic rings. The van der Waals surface area contributed by atoms with Crippen molar-refractivity contribution in [3.05, 3.63) is 0 Å². The van der Waals surface area contributed by atoms with E-state index in [9.17, 15) is 90.1 Å². The fourth-order valence-electron chi connectivity index (χ4n) is 5.60. The Balaban J connectivity index is -0.00000290. The van der Waals surface area contributed by atoms with Gasteiger partial charge in [0.15, 0.2) is 45.6 Å². The van der Waals surface area contributed by atoms with Gasteiger partial charge in [0.25, 0.3) is 0 Å². The molecule has 0 spiro atoms. The van der Waals surface area contributed by atoms with E-state index in [1.54, 1.807) is 0 Å². The van der Waals surface area contributed by atoms with E-state index in [-0.39, 0.29) is 177 Å². The average molecular weight is 1080 g/mol. The maximum Gasteiger partial charge on any atom is 1.00 e. The number of rotatable bonds is 19. The summed E-state index contributed by atoms with van der Waals surface area (Å²) < 4.78 is 222. The Morgan fingerprint density at radius 2 is 0.937 bits per heavy atom. The second kappa shape index (κ2) is 30.6. The second-order valence-electron chi connectivity index (χ2n) is 11.5. The molecule has 0 unspecified atom stereocenters. The fourth-order valence-corrected chi connectivity index (χ4v) is 7.84. The van der Waals surface area contributed by atoms with E-state index in [2.05, 4.69) is 12.5 Å². The van der Waals surface area contributed by atoms with E-state index in [0.717, 1.165) is 14.2 Å². The van der Waals surface area contributed by atoms with E-state index in [0.29, 0.717) is 0 Å². The number of hydrogen-bond acceptors (Lipinski definition) is 30. The van der Waals surface area contributed by atoms with Gasteiger partial charge in [0.05, 0.1) is 19.2 Å². The van der Waals surface area contributed by atoms with Gasteiger partial charge in [-0.1, -0.05) is 0 Å². The number of carbonyl (C=O) groups is 1. The van der Waals surface area contributed by atoms with E-state index in [4.69, 9.17) is 33.2 Å². The monoisotopic (exact) mass is 1080 g/mol. The van der Waals surface area contributed by atoms with Gasteiger partial charge in [-0.3, -0.25) is 12.5 Å². The SMILES string of the molecule is CO[C@H]1O[C@H](COS(=O)(=O)[O-])[C@@H](O[C@H]2O[C@H](C(=O)[O-])[C@@H](O[C@H]3O[C@H](COS(=O)(=O)[O-])[C@@H](OC)[C@H](O)[C@H]3NS(=O)(=O)[O-])[C@H](O)[C@H]2OS(=O)(=O)[O-])[C@H](O)[C@H]1NS(=O)(=O)[O-].[Na+].[Na+].[Na+].[Na+].[Na+].[Na+]. The standard InChI is InChI=1S/C20H36N2O30S5.6Na/c1-43-12-5(3-45-55(34,35)36)48-19(8(9(12)23)22-54(31,32)33)50-14-11(25)15(52-57(40,41)42)20(51-16(14)17(26)27)49-13-6(4-46-56(37,38)39)47-18(44-2)7(10(13)24)21-53(28,29)30;;;;;;/h5-16,18-25H,3-4H2,1-2H3,(H,26,27)(H,28,29,30)(H,31,32,33)(H,34,35,36)(H,37,38,39)(H,40,41,42);;;;;;/q;6*+1/p-6/t5-,6-,7-,8-,9-,10-,11+,12-,13-,14+,15-,16+,18+,19-,20+;;;;;;/m1....../s1. The van der Waals surface area contributed by atoms with Gasteiger partial charge in [0.1, 0.15) is 67.0 Å². The van der Waals surface area contributed by atoms with Crippen LogP contribution in [0.25, 0.3) is 0 Å². The van der Waals surface area contributed by atoms with Crippen LogP contribution in [0.2, 0.25) is 0 Å². The Kier molecular flexibility index (Phi) is 35.9. The molecule has 15 atom stereocenters. The summed E-state index contributed by atoms with van der Waals surface area (Å²) in [5.74, 6) is -2.49. The van der Waals surface area contributed by atoms with Gasteiger partial charge in [-0.2, -0.15) is 0 Å². The predicted octanol–water partition coefficient (Wildman–Crippen LogP) is -28.9. The number of aliphatic carboxylic acids is 1. The number of aliphatic hydroxyl groups excluding tert-OH is 3. The molecule has 3 aliphatic rings. The molecule has 3 rings (SSSR count). The van der Waals surface area contributed by atoms with Crippen molar-refractivity contribution in [2.45, 2.75) is 92.0 Å². The van der Waals surface area contributed by atoms with Crippen molar-refractivity contribution >= 4 is 57.8 Å². The van der Waals surface area contributed by atoms with Crippen molar-refractivity contribution in [3.8, 4) is 0 Å². The summed E-state index contributed by atoms with van der Waals surface area (Å²) in [4.78, 5) is 12.3. The van der Waals surface area contributed by atoms with E-state index >= 15 is 0 Å². The van der Waals surface area contributed by atoms with Crippen LogP contribution in [0.15, 0.2) is 0 Å². The van der Waals surface area contributed by atoms with Crippen LogP contribution in [-0.4, -0.2) is 206 Å². The van der Waals surface area contributed by atoms with Crippen LogP contribution in [0.3, 0.4) is 0 Å². The van der Waals surface area contributed by atoms with Crippen LogP contribution in [0.5, 0.6) is 0 Å². The number of methoxy groups -OCH3 is 2. The summed E-state index contributed by atoms with van der Waals surface area (Å²) in [6.07, 6.45) is -32.8. The van der Waals surface area contributed by atoms with Gasteiger partial charge in [-0.15, -0.1) is 0 Å². The minimum Gasteiger partial charge on any atom is -0.735 e. The molecular weight excluding hydrogens is 1050 g/mol. The molecule has 0 saturated carbocycles. The fraction of sp³-hybridized carbons (Fsp3) is 0.950. The molecule has 0 bridgehead atoms. The summed E-state index contributed by atoms with van der Waals surface area (Å²) >= 11 is 0. The maximum absolute atomic E-state index is 12.3. The molecular formula is C20H30N2Na6O30S5. The molecule has 3 heterocycles. The van der Waals surface area contributed by atoms with Crippen molar-refractivity contribution in [1.82, 2.24) is 9.44 Å².